The summed E-state index contributed by atoms with van der Waals surface area (Å²) in [6.07, 6.45) is 3.79. The zero-order chi connectivity index (χ0) is 13.5. The SMILES string of the molecule is O=C(c1ccc(S(=O)(=O)N2CCCC2)cc1)C1CC1. The van der Waals surface area contributed by atoms with Crippen molar-refractivity contribution in [2.75, 3.05) is 13.1 Å². The van der Waals surface area contributed by atoms with Crippen molar-refractivity contribution in [1.29, 1.82) is 0 Å². The first-order chi connectivity index (χ1) is 9.09. The molecular weight excluding hydrogens is 262 g/mol. The molecule has 0 amide bonds. The largest absolute Gasteiger partial charge is 0.294 e. The van der Waals surface area contributed by atoms with Crippen molar-refractivity contribution in [3.8, 4) is 0 Å². The van der Waals surface area contributed by atoms with Gasteiger partial charge in [0.15, 0.2) is 5.78 Å². The van der Waals surface area contributed by atoms with Gasteiger partial charge in [0.2, 0.25) is 10.0 Å². The van der Waals surface area contributed by atoms with Gasteiger partial charge in [-0.25, -0.2) is 8.42 Å². The lowest BCUT2D eigenvalue weighted by atomic mass is 10.1. The number of rotatable bonds is 4. The maximum absolute atomic E-state index is 12.3. The maximum Gasteiger partial charge on any atom is 0.243 e. The van der Waals surface area contributed by atoms with Crippen LogP contribution in [-0.2, 0) is 10.0 Å². The molecule has 0 aromatic heterocycles. The molecule has 5 heteroatoms. The summed E-state index contributed by atoms with van der Waals surface area (Å²) in [7, 11) is -3.36. The lowest BCUT2D eigenvalue weighted by Gasteiger charge is -2.15. The smallest absolute Gasteiger partial charge is 0.243 e. The Morgan fingerprint density at radius 3 is 2.16 bits per heavy atom. The van der Waals surface area contributed by atoms with Gasteiger partial charge in [-0.2, -0.15) is 4.31 Å². The number of carbonyl (C=O) groups excluding carboxylic acids is 1. The van der Waals surface area contributed by atoms with Crippen LogP contribution in [-0.4, -0.2) is 31.6 Å². The van der Waals surface area contributed by atoms with Crippen LogP contribution in [0.5, 0.6) is 0 Å². The van der Waals surface area contributed by atoms with Crippen molar-refractivity contribution in [1.82, 2.24) is 4.31 Å². The van der Waals surface area contributed by atoms with E-state index in [-0.39, 0.29) is 11.7 Å². The highest BCUT2D eigenvalue weighted by Crippen LogP contribution is 2.33. The van der Waals surface area contributed by atoms with E-state index >= 15 is 0 Å². The summed E-state index contributed by atoms with van der Waals surface area (Å²) in [5, 5.41) is 0. The average Bonchev–Trinajstić information content (AvgIpc) is 3.11. The Labute approximate surface area is 113 Å². The molecule has 0 N–H and O–H groups in total. The summed E-state index contributed by atoms with van der Waals surface area (Å²) < 4.78 is 26.1. The fourth-order valence-corrected chi connectivity index (χ4v) is 3.97. The summed E-state index contributed by atoms with van der Waals surface area (Å²) in [5.41, 5.74) is 0.628. The predicted octanol–water partition coefficient (Wildman–Crippen LogP) is 2.06. The van der Waals surface area contributed by atoms with E-state index in [9.17, 15) is 13.2 Å². The first-order valence-electron chi connectivity index (χ1n) is 6.73. The van der Waals surface area contributed by atoms with Gasteiger partial charge >= 0.3 is 0 Å². The number of hydrogen-bond donors (Lipinski definition) is 0. The second-order valence-corrected chi connectivity index (χ2v) is 7.21. The van der Waals surface area contributed by atoms with Crippen LogP contribution in [0.1, 0.15) is 36.0 Å². The van der Waals surface area contributed by atoms with Crippen molar-refractivity contribution >= 4 is 15.8 Å². The molecule has 0 atom stereocenters. The van der Waals surface area contributed by atoms with Crippen LogP contribution in [0, 0.1) is 5.92 Å². The summed E-state index contributed by atoms with van der Waals surface area (Å²) in [6.45, 7) is 1.20. The van der Waals surface area contributed by atoms with Gasteiger partial charge in [-0.05, 0) is 37.8 Å². The molecule has 2 aliphatic rings. The standard InChI is InChI=1S/C14H17NO3S/c16-14(11-3-4-11)12-5-7-13(8-6-12)19(17,18)15-9-1-2-10-15/h5-8,11H,1-4,9-10H2. The second-order valence-electron chi connectivity index (χ2n) is 5.27. The zero-order valence-corrected chi connectivity index (χ0v) is 11.5. The number of ketones is 1. The molecule has 1 aliphatic carbocycles. The highest BCUT2D eigenvalue weighted by Gasteiger charge is 2.31. The van der Waals surface area contributed by atoms with Crippen LogP contribution in [0.15, 0.2) is 29.2 Å². The van der Waals surface area contributed by atoms with Gasteiger partial charge in [0.25, 0.3) is 0 Å². The lowest BCUT2D eigenvalue weighted by molar-refractivity contribution is 0.0967. The van der Waals surface area contributed by atoms with Crippen molar-refractivity contribution in [2.45, 2.75) is 30.6 Å². The topological polar surface area (TPSA) is 54.5 Å². The highest BCUT2D eigenvalue weighted by molar-refractivity contribution is 7.89. The molecule has 0 radical (unpaired) electrons. The number of hydrogen-bond acceptors (Lipinski definition) is 3. The number of Topliss-reactive ketones (excluding diaryl/α,β-unsaturated/α-hetero) is 1. The van der Waals surface area contributed by atoms with E-state index in [4.69, 9.17) is 0 Å². The second kappa shape index (κ2) is 4.72. The first-order valence-corrected chi connectivity index (χ1v) is 8.17. The first kappa shape index (κ1) is 12.8. The van der Waals surface area contributed by atoms with Crippen LogP contribution in [0.3, 0.4) is 0 Å². The minimum atomic E-state index is -3.36. The van der Waals surface area contributed by atoms with E-state index in [1.165, 1.54) is 4.31 Å². The third-order valence-corrected chi connectivity index (χ3v) is 5.70. The van der Waals surface area contributed by atoms with Crippen LogP contribution in [0.2, 0.25) is 0 Å². The predicted molar refractivity (Wildman–Crippen MR) is 71.5 cm³/mol. The Hall–Kier alpha value is -1.20. The molecule has 1 aromatic rings. The van der Waals surface area contributed by atoms with Crippen molar-refractivity contribution in [3.05, 3.63) is 29.8 Å². The molecule has 102 valence electrons. The molecular formula is C14H17NO3S. The van der Waals surface area contributed by atoms with Gasteiger partial charge in [-0.1, -0.05) is 12.1 Å². The number of nitrogens with zero attached hydrogens (tertiary/aromatic N) is 1. The Bertz CT molecular complexity index is 582. The number of benzene rings is 1. The Morgan fingerprint density at radius 1 is 1.05 bits per heavy atom. The Morgan fingerprint density at radius 2 is 1.63 bits per heavy atom. The fraction of sp³-hybridized carbons (Fsp3) is 0.500. The molecule has 0 unspecified atom stereocenters. The van der Waals surface area contributed by atoms with Crippen molar-refractivity contribution in [3.63, 3.8) is 0 Å². The van der Waals surface area contributed by atoms with Gasteiger partial charge < -0.3 is 0 Å². The molecule has 0 bridgehead atoms. The minimum Gasteiger partial charge on any atom is -0.294 e. The van der Waals surface area contributed by atoms with Gasteiger partial charge in [-0.15, -0.1) is 0 Å². The molecule has 19 heavy (non-hydrogen) atoms. The lowest BCUT2D eigenvalue weighted by Crippen LogP contribution is -2.27. The quantitative estimate of drug-likeness (QED) is 0.793. The van der Waals surface area contributed by atoms with E-state index in [1.807, 2.05) is 0 Å². The summed E-state index contributed by atoms with van der Waals surface area (Å²) in [6, 6.07) is 6.40. The summed E-state index contributed by atoms with van der Waals surface area (Å²) in [5.74, 6) is 0.311. The average molecular weight is 279 g/mol. The molecule has 3 rings (SSSR count). The van der Waals surface area contributed by atoms with Crippen molar-refractivity contribution < 1.29 is 13.2 Å². The van der Waals surface area contributed by atoms with Crippen LogP contribution in [0.4, 0.5) is 0 Å². The number of sulfonamides is 1. The fourth-order valence-electron chi connectivity index (χ4n) is 2.45. The van der Waals surface area contributed by atoms with Crippen LogP contribution in [0.25, 0.3) is 0 Å². The Balaban J connectivity index is 1.83. The molecule has 1 aromatic carbocycles. The van der Waals surface area contributed by atoms with E-state index in [0.29, 0.717) is 23.5 Å². The molecule has 1 heterocycles. The number of carbonyl (C=O) groups is 1. The zero-order valence-electron chi connectivity index (χ0n) is 10.7. The van der Waals surface area contributed by atoms with Crippen molar-refractivity contribution in [2.24, 2.45) is 5.92 Å². The molecule has 4 nitrogen and oxygen atoms in total. The maximum atomic E-state index is 12.3. The molecule has 1 saturated heterocycles. The van der Waals surface area contributed by atoms with Crippen LogP contribution < -0.4 is 0 Å². The van der Waals surface area contributed by atoms with E-state index in [2.05, 4.69) is 0 Å². The van der Waals surface area contributed by atoms with Gasteiger partial charge in [0.1, 0.15) is 0 Å². The highest BCUT2D eigenvalue weighted by atomic mass is 32.2. The summed E-state index contributed by atoms with van der Waals surface area (Å²) in [4.78, 5) is 12.2. The third kappa shape index (κ3) is 2.44. The monoisotopic (exact) mass is 279 g/mol. The van der Waals surface area contributed by atoms with Gasteiger partial charge in [0.05, 0.1) is 4.90 Å². The molecule has 1 aliphatic heterocycles. The molecule has 1 saturated carbocycles. The Kier molecular flexibility index (Phi) is 3.19. The minimum absolute atomic E-state index is 0.144. The normalized spacial score (nSPS) is 20.6. The third-order valence-electron chi connectivity index (χ3n) is 3.79. The van der Waals surface area contributed by atoms with Gasteiger partial charge in [0, 0.05) is 24.6 Å². The van der Waals surface area contributed by atoms with E-state index in [0.717, 1.165) is 25.7 Å². The molecule has 0 spiro atoms. The van der Waals surface area contributed by atoms with E-state index in [1.54, 1.807) is 24.3 Å². The van der Waals surface area contributed by atoms with Crippen LogP contribution >= 0.6 is 0 Å². The van der Waals surface area contributed by atoms with Gasteiger partial charge in [-0.3, -0.25) is 4.79 Å². The van der Waals surface area contributed by atoms with E-state index < -0.39 is 10.0 Å². The molecule has 2 fully saturated rings. The summed E-state index contributed by atoms with van der Waals surface area (Å²) >= 11 is 0.